The largest absolute Gasteiger partial charge is 0.327 e. The van der Waals surface area contributed by atoms with E-state index in [0.717, 1.165) is 11.8 Å². The normalized spacial score (nSPS) is 29.8. The van der Waals surface area contributed by atoms with Crippen molar-refractivity contribution in [3.8, 4) is 0 Å². The quantitative estimate of drug-likeness (QED) is 0.748. The Morgan fingerprint density at radius 3 is 2.53 bits per heavy atom. The Balaban J connectivity index is 2.52. The molecule has 0 bridgehead atoms. The Kier molecular flexibility index (Phi) is 4.64. The molecule has 0 amide bonds. The lowest BCUT2D eigenvalue weighted by molar-refractivity contribution is 0.103. The van der Waals surface area contributed by atoms with E-state index in [2.05, 4.69) is 27.7 Å². The zero-order valence-corrected chi connectivity index (χ0v) is 11.1. The third-order valence-corrected chi connectivity index (χ3v) is 4.48. The molecule has 2 N–H and O–H groups in total. The van der Waals surface area contributed by atoms with Crippen LogP contribution in [0.25, 0.3) is 0 Å². The summed E-state index contributed by atoms with van der Waals surface area (Å²) in [5, 5.41) is 0. The van der Waals surface area contributed by atoms with E-state index in [1.165, 1.54) is 38.5 Å². The minimum Gasteiger partial charge on any atom is -0.327 e. The summed E-state index contributed by atoms with van der Waals surface area (Å²) < 4.78 is 0. The van der Waals surface area contributed by atoms with Crippen LogP contribution < -0.4 is 5.73 Å². The first-order valence-corrected chi connectivity index (χ1v) is 6.73. The van der Waals surface area contributed by atoms with Crippen LogP contribution in [0.2, 0.25) is 0 Å². The van der Waals surface area contributed by atoms with Crippen molar-refractivity contribution in [2.45, 2.75) is 72.3 Å². The van der Waals surface area contributed by atoms with Gasteiger partial charge in [0.15, 0.2) is 0 Å². The lowest BCUT2D eigenvalue weighted by Crippen LogP contribution is -2.42. The molecule has 0 heterocycles. The van der Waals surface area contributed by atoms with E-state index in [0.29, 0.717) is 11.5 Å². The van der Waals surface area contributed by atoms with Crippen molar-refractivity contribution in [2.75, 3.05) is 0 Å². The number of hydrogen-bond acceptors (Lipinski definition) is 1. The fraction of sp³-hybridized carbons (Fsp3) is 1.00. The predicted molar refractivity (Wildman–Crippen MR) is 67.8 cm³/mol. The smallest absolute Gasteiger partial charge is 0.00747 e. The van der Waals surface area contributed by atoms with Crippen molar-refractivity contribution in [3.05, 3.63) is 0 Å². The van der Waals surface area contributed by atoms with Gasteiger partial charge in [-0.3, -0.25) is 0 Å². The molecule has 1 rings (SSSR count). The summed E-state index contributed by atoms with van der Waals surface area (Å²) in [6.45, 7) is 9.42. The van der Waals surface area contributed by atoms with Gasteiger partial charge in [-0.1, -0.05) is 47.0 Å². The Morgan fingerprint density at radius 1 is 1.33 bits per heavy atom. The molecular formula is C14H29N. The zero-order chi connectivity index (χ0) is 11.5. The molecule has 1 fully saturated rings. The lowest BCUT2D eigenvalue weighted by atomic mass is 9.65. The zero-order valence-electron chi connectivity index (χ0n) is 11.1. The van der Waals surface area contributed by atoms with Gasteiger partial charge in [-0.25, -0.2) is 0 Å². The van der Waals surface area contributed by atoms with Gasteiger partial charge in [-0.15, -0.1) is 0 Å². The van der Waals surface area contributed by atoms with Gasteiger partial charge < -0.3 is 5.73 Å². The van der Waals surface area contributed by atoms with E-state index in [9.17, 15) is 0 Å². The second kappa shape index (κ2) is 5.34. The highest BCUT2D eigenvalue weighted by molar-refractivity contribution is 4.89. The van der Waals surface area contributed by atoms with Crippen molar-refractivity contribution in [1.29, 1.82) is 0 Å². The molecule has 0 aromatic carbocycles. The monoisotopic (exact) mass is 211 g/mol. The summed E-state index contributed by atoms with van der Waals surface area (Å²) in [5.41, 5.74) is 6.88. The predicted octanol–water partition coefficient (Wildman–Crippen LogP) is 3.97. The maximum absolute atomic E-state index is 6.40. The molecule has 0 radical (unpaired) electrons. The molecule has 1 heteroatoms. The maximum Gasteiger partial charge on any atom is 0.00747 e. The molecule has 1 aliphatic rings. The highest BCUT2D eigenvalue weighted by atomic mass is 14.7. The van der Waals surface area contributed by atoms with Crippen LogP contribution in [-0.4, -0.2) is 6.04 Å². The molecule has 90 valence electrons. The summed E-state index contributed by atoms with van der Waals surface area (Å²) in [7, 11) is 0. The molecule has 0 spiro atoms. The summed E-state index contributed by atoms with van der Waals surface area (Å²) in [6, 6.07) is 0.426. The highest BCUT2D eigenvalue weighted by Gasteiger charge is 2.36. The third-order valence-electron chi connectivity index (χ3n) is 4.48. The van der Waals surface area contributed by atoms with E-state index in [4.69, 9.17) is 5.73 Å². The van der Waals surface area contributed by atoms with Gasteiger partial charge in [0, 0.05) is 6.04 Å². The van der Waals surface area contributed by atoms with Crippen LogP contribution in [-0.2, 0) is 0 Å². The minimum absolute atomic E-state index is 0.426. The third kappa shape index (κ3) is 3.48. The number of hydrogen-bond donors (Lipinski definition) is 1. The highest BCUT2D eigenvalue weighted by Crippen LogP contribution is 2.42. The van der Waals surface area contributed by atoms with Crippen molar-refractivity contribution in [1.82, 2.24) is 0 Å². The summed E-state index contributed by atoms with van der Waals surface area (Å²) in [4.78, 5) is 0. The molecule has 1 aliphatic carbocycles. The Bertz CT molecular complexity index is 186. The lowest BCUT2D eigenvalue weighted by Gasteiger charge is -2.42. The number of rotatable bonds is 4. The fourth-order valence-corrected chi connectivity index (χ4v) is 3.11. The van der Waals surface area contributed by atoms with Crippen LogP contribution >= 0.6 is 0 Å². The van der Waals surface area contributed by atoms with Gasteiger partial charge in [-0.05, 0) is 36.5 Å². The standard InChI is InChI=1S/C14H29N/c1-5-11(2)10-13(15)12-8-6-7-9-14(12,3)4/h11-13H,5-10,15H2,1-4H3. The summed E-state index contributed by atoms with van der Waals surface area (Å²) in [5.74, 6) is 1.54. The van der Waals surface area contributed by atoms with E-state index < -0.39 is 0 Å². The van der Waals surface area contributed by atoms with Gasteiger partial charge in [0.25, 0.3) is 0 Å². The fourth-order valence-electron chi connectivity index (χ4n) is 3.11. The van der Waals surface area contributed by atoms with Gasteiger partial charge >= 0.3 is 0 Å². The first-order chi connectivity index (χ1) is 6.97. The molecule has 0 saturated heterocycles. The van der Waals surface area contributed by atoms with Crippen molar-refractivity contribution in [2.24, 2.45) is 23.0 Å². The van der Waals surface area contributed by atoms with Crippen molar-refractivity contribution < 1.29 is 0 Å². The van der Waals surface area contributed by atoms with Crippen molar-refractivity contribution in [3.63, 3.8) is 0 Å². The van der Waals surface area contributed by atoms with E-state index in [-0.39, 0.29) is 0 Å². The van der Waals surface area contributed by atoms with Gasteiger partial charge in [0.1, 0.15) is 0 Å². The minimum atomic E-state index is 0.426. The Morgan fingerprint density at radius 2 is 2.00 bits per heavy atom. The van der Waals surface area contributed by atoms with Gasteiger partial charge in [0.2, 0.25) is 0 Å². The van der Waals surface area contributed by atoms with Crippen LogP contribution in [0.3, 0.4) is 0 Å². The molecule has 3 atom stereocenters. The van der Waals surface area contributed by atoms with Crippen LogP contribution in [0.1, 0.15) is 66.2 Å². The Hall–Kier alpha value is -0.0400. The SMILES string of the molecule is CCC(C)CC(N)C1CCCCC1(C)C. The molecule has 0 aliphatic heterocycles. The molecule has 1 nitrogen and oxygen atoms in total. The van der Waals surface area contributed by atoms with Gasteiger partial charge in [0.05, 0.1) is 0 Å². The average Bonchev–Trinajstić information content (AvgIpc) is 2.16. The first-order valence-electron chi connectivity index (χ1n) is 6.73. The van der Waals surface area contributed by atoms with Crippen LogP contribution in [0.5, 0.6) is 0 Å². The molecule has 3 unspecified atom stereocenters. The molecule has 15 heavy (non-hydrogen) atoms. The van der Waals surface area contributed by atoms with Gasteiger partial charge in [-0.2, -0.15) is 0 Å². The van der Waals surface area contributed by atoms with Crippen LogP contribution in [0, 0.1) is 17.3 Å². The molecule has 0 aromatic rings. The van der Waals surface area contributed by atoms with Crippen LogP contribution in [0.4, 0.5) is 0 Å². The van der Waals surface area contributed by atoms with Crippen molar-refractivity contribution >= 4 is 0 Å². The van der Waals surface area contributed by atoms with E-state index in [1.807, 2.05) is 0 Å². The van der Waals surface area contributed by atoms with Crippen LogP contribution in [0.15, 0.2) is 0 Å². The molecular weight excluding hydrogens is 182 g/mol. The van der Waals surface area contributed by atoms with E-state index in [1.54, 1.807) is 0 Å². The molecule has 1 saturated carbocycles. The topological polar surface area (TPSA) is 26.0 Å². The number of nitrogens with two attached hydrogens (primary N) is 1. The second-order valence-electron chi connectivity index (χ2n) is 6.25. The molecule has 0 aromatic heterocycles. The Labute approximate surface area is 95.8 Å². The second-order valence-corrected chi connectivity index (χ2v) is 6.25. The summed E-state index contributed by atoms with van der Waals surface area (Å²) >= 11 is 0. The first kappa shape index (κ1) is 13.0. The summed E-state index contributed by atoms with van der Waals surface area (Å²) in [6.07, 6.45) is 7.99. The van der Waals surface area contributed by atoms with E-state index >= 15 is 0 Å². The average molecular weight is 211 g/mol. The maximum atomic E-state index is 6.40.